The number of hydrogen-bond acceptors (Lipinski definition) is 3. The molecule has 1 aromatic carbocycles. The molecule has 1 atom stereocenters. The summed E-state index contributed by atoms with van der Waals surface area (Å²) >= 11 is 5.74. The highest BCUT2D eigenvalue weighted by molar-refractivity contribution is 6.32. The summed E-state index contributed by atoms with van der Waals surface area (Å²) in [6.45, 7) is 4.24. The Morgan fingerprint density at radius 1 is 1.39 bits per heavy atom. The van der Waals surface area contributed by atoms with Gasteiger partial charge < -0.3 is 5.73 Å². The van der Waals surface area contributed by atoms with Crippen molar-refractivity contribution in [3.05, 3.63) is 38.9 Å². The van der Waals surface area contributed by atoms with Crippen LogP contribution in [0.3, 0.4) is 0 Å². The van der Waals surface area contributed by atoms with E-state index in [9.17, 15) is 10.1 Å². The molecule has 1 aromatic rings. The van der Waals surface area contributed by atoms with Crippen LogP contribution in [0.25, 0.3) is 0 Å². The van der Waals surface area contributed by atoms with Crippen molar-refractivity contribution in [2.75, 3.05) is 0 Å². The molecule has 6 heteroatoms. The molecule has 0 unspecified atom stereocenters. The van der Waals surface area contributed by atoms with Gasteiger partial charge in [-0.15, -0.1) is 12.4 Å². The molecule has 2 N–H and O–H groups in total. The third-order valence-corrected chi connectivity index (χ3v) is 2.97. The highest BCUT2D eigenvalue weighted by Crippen LogP contribution is 2.28. The number of nitrogens with two attached hydrogens (primary N) is 1. The summed E-state index contributed by atoms with van der Waals surface area (Å²) in [6, 6.07) is 4.58. The summed E-state index contributed by atoms with van der Waals surface area (Å²) in [7, 11) is 0. The fourth-order valence-corrected chi connectivity index (χ4v) is 1.77. The lowest BCUT2D eigenvalue weighted by molar-refractivity contribution is -0.384. The second kappa shape index (κ2) is 7.56. The Labute approximate surface area is 118 Å². The van der Waals surface area contributed by atoms with E-state index in [0.717, 1.165) is 18.4 Å². The lowest BCUT2D eigenvalue weighted by Gasteiger charge is -2.13. The highest BCUT2D eigenvalue weighted by atomic mass is 35.5. The van der Waals surface area contributed by atoms with Gasteiger partial charge >= 0.3 is 0 Å². The van der Waals surface area contributed by atoms with Crippen LogP contribution in [0.5, 0.6) is 0 Å². The van der Waals surface area contributed by atoms with E-state index in [-0.39, 0.29) is 29.2 Å². The molecule has 0 bridgehead atoms. The van der Waals surface area contributed by atoms with E-state index in [1.165, 1.54) is 12.1 Å². The number of rotatable bonds is 5. The number of nitro benzene ring substituents is 1. The van der Waals surface area contributed by atoms with Gasteiger partial charge in [0.2, 0.25) is 0 Å². The van der Waals surface area contributed by atoms with Gasteiger partial charge in [0.15, 0.2) is 0 Å². The average Bonchev–Trinajstić information content (AvgIpc) is 2.26. The van der Waals surface area contributed by atoms with Crippen molar-refractivity contribution in [3.63, 3.8) is 0 Å². The molecule has 0 heterocycles. The first-order valence-electron chi connectivity index (χ1n) is 5.61. The van der Waals surface area contributed by atoms with Gasteiger partial charge in [0.1, 0.15) is 5.02 Å². The molecule has 0 fully saturated rings. The van der Waals surface area contributed by atoms with Gasteiger partial charge in [-0.25, -0.2) is 0 Å². The summed E-state index contributed by atoms with van der Waals surface area (Å²) in [5.41, 5.74) is 6.68. The Bertz CT molecular complexity index is 411. The monoisotopic (exact) mass is 292 g/mol. The first-order chi connectivity index (χ1) is 7.91. The van der Waals surface area contributed by atoms with Crippen molar-refractivity contribution in [3.8, 4) is 0 Å². The van der Waals surface area contributed by atoms with Crippen molar-refractivity contribution in [2.24, 2.45) is 11.7 Å². The number of nitrogens with zero attached hydrogens (tertiary/aromatic N) is 1. The minimum atomic E-state index is -0.485. The van der Waals surface area contributed by atoms with E-state index >= 15 is 0 Å². The van der Waals surface area contributed by atoms with Gasteiger partial charge in [0.25, 0.3) is 5.69 Å². The molecule has 0 amide bonds. The summed E-state index contributed by atoms with van der Waals surface area (Å²) in [6.07, 6.45) is 1.81. The summed E-state index contributed by atoms with van der Waals surface area (Å²) < 4.78 is 0. The Kier molecular flexibility index (Phi) is 7.21. The van der Waals surface area contributed by atoms with Crippen LogP contribution < -0.4 is 5.73 Å². The summed E-state index contributed by atoms with van der Waals surface area (Å²) in [5, 5.41) is 10.9. The second-order valence-electron chi connectivity index (χ2n) is 4.55. The smallest absolute Gasteiger partial charge is 0.288 e. The maximum absolute atomic E-state index is 10.7. The molecule has 0 radical (unpaired) electrons. The predicted molar refractivity (Wildman–Crippen MR) is 76.4 cm³/mol. The molecule has 18 heavy (non-hydrogen) atoms. The lowest BCUT2D eigenvalue weighted by atomic mass is 9.98. The van der Waals surface area contributed by atoms with Crippen LogP contribution in [0, 0.1) is 16.0 Å². The van der Waals surface area contributed by atoms with E-state index in [2.05, 4.69) is 13.8 Å². The number of nitro groups is 1. The number of halogens is 2. The molecule has 0 aliphatic heterocycles. The van der Waals surface area contributed by atoms with Crippen LogP contribution >= 0.6 is 24.0 Å². The normalized spacial score (nSPS) is 12.1. The molecule has 0 aromatic heterocycles. The van der Waals surface area contributed by atoms with Crippen molar-refractivity contribution < 1.29 is 4.92 Å². The van der Waals surface area contributed by atoms with E-state index < -0.39 is 4.92 Å². The Morgan fingerprint density at radius 3 is 2.50 bits per heavy atom. The predicted octanol–water partition coefficient (Wildman–Crippen LogP) is 4.11. The maximum atomic E-state index is 10.7. The van der Waals surface area contributed by atoms with Crippen LogP contribution in [-0.2, 0) is 0 Å². The van der Waals surface area contributed by atoms with Crippen LogP contribution in [0.15, 0.2) is 18.2 Å². The van der Waals surface area contributed by atoms with Gasteiger partial charge in [-0.2, -0.15) is 0 Å². The largest absolute Gasteiger partial charge is 0.324 e. The first kappa shape index (κ1) is 17.2. The Morgan fingerprint density at radius 2 is 2.00 bits per heavy atom. The summed E-state index contributed by atoms with van der Waals surface area (Å²) in [4.78, 5) is 10.3. The number of hydrogen-bond donors (Lipinski definition) is 1. The Hall–Kier alpha value is -0.840. The quantitative estimate of drug-likeness (QED) is 0.656. The first-order valence-corrected chi connectivity index (χ1v) is 5.99. The molecule has 4 nitrogen and oxygen atoms in total. The van der Waals surface area contributed by atoms with Gasteiger partial charge in [-0.3, -0.25) is 10.1 Å². The van der Waals surface area contributed by atoms with E-state index in [1.807, 2.05) is 0 Å². The fourth-order valence-electron chi connectivity index (χ4n) is 1.58. The van der Waals surface area contributed by atoms with Gasteiger partial charge in [-0.1, -0.05) is 31.5 Å². The molecule has 102 valence electrons. The molecule has 0 saturated heterocycles. The molecule has 0 saturated carbocycles. The molecule has 1 rings (SSSR count). The zero-order valence-electron chi connectivity index (χ0n) is 10.4. The number of benzene rings is 1. The maximum Gasteiger partial charge on any atom is 0.288 e. The molecular formula is C12H18Cl2N2O2. The van der Waals surface area contributed by atoms with Crippen LogP contribution in [0.2, 0.25) is 5.02 Å². The third-order valence-electron chi connectivity index (χ3n) is 2.65. The minimum absolute atomic E-state index is 0. The summed E-state index contributed by atoms with van der Waals surface area (Å²) in [5.74, 6) is 0.573. The van der Waals surface area contributed by atoms with Gasteiger partial charge in [0.05, 0.1) is 4.92 Å². The minimum Gasteiger partial charge on any atom is -0.324 e. The fraction of sp³-hybridized carbons (Fsp3) is 0.500. The highest BCUT2D eigenvalue weighted by Gasteiger charge is 2.16. The van der Waals surface area contributed by atoms with Crippen LogP contribution in [0.4, 0.5) is 5.69 Å². The molecule has 0 spiro atoms. The van der Waals surface area contributed by atoms with Crippen molar-refractivity contribution in [1.82, 2.24) is 0 Å². The van der Waals surface area contributed by atoms with Crippen LogP contribution in [0.1, 0.15) is 38.3 Å². The van der Waals surface area contributed by atoms with Crippen molar-refractivity contribution in [2.45, 2.75) is 32.7 Å². The second-order valence-corrected chi connectivity index (χ2v) is 4.95. The van der Waals surface area contributed by atoms with Gasteiger partial charge in [0, 0.05) is 12.1 Å². The van der Waals surface area contributed by atoms with Crippen LogP contribution in [-0.4, -0.2) is 4.92 Å². The third kappa shape index (κ3) is 4.80. The van der Waals surface area contributed by atoms with Crippen molar-refractivity contribution in [1.29, 1.82) is 0 Å². The topological polar surface area (TPSA) is 69.2 Å². The molecular weight excluding hydrogens is 275 g/mol. The lowest BCUT2D eigenvalue weighted by Crippen LogP contribution is -2.11. The van der Waals surface area contributed by atoms with E-state index in [1.54, 1.807) is 6.07 Å². The standard InChI is InChI=1S/C12H17ClN2O2.ClH/c1-8(2)3-6-11(14)9-4-5-10(13)12(7-9)15(16)17;/h4-5,7-8,11H,3,6,14H2,1-2H3;1H/t11-;/m1./s1. The van der Waals surface area contributed by atoms with Crippen molar-refractivity contribution >= 4 is 29.7 Å². The van der Waals surface area contributed by atoms with E-state index in [4.69, 9.17) is 17.3 Å². The average molecular weight is 293 g/mol. The van der Waals surface area contributed by atoms with E-state index in [0.29, 0.717) is 5.92 Å². The zero-order chi connectivity index (χ0) is 13.0. The zero-order valence-corrected chi connectivity index (χ0v) is 12.0. The SMILES string of the molecule is CC(C)CC[C@@H](N)c1ccc(Cl)c([N+](=O)[O-])c1.Cl. The molecule has 0 aliphatic carbocycles. The molecule has 0 aliphatic rings. The Balaban J connectivity index is 0.00000289. The van der Waals surface area contributed by atoms with Gasteiger partial charge in [-0.05, 0) is 30.4 Å².